The lowest BCUT2D eigenvalue weighted by molar-refractivity contribution is 0.0601. The summed E-state index contributed by atoms with van der Waals surface area (Å²) in [5, 5.41) is 7.76. The molecule has 3 rings (SSSR count). The fourth-order valence-electron chi connectivity index (χ4n) is 2.36. The average molecular weight is 293 g/mol. The van der Waals surface area contributed by atoms with Crippen LogP contribution in [-0.4, -0.2) is 28.1 Å². The van der Waals surface area contributed by atoms with E-state index in [1.54, 1.807) is 16.9 Å². The van der Waals surface area contributed by atoms with E-state index in [1.807, 2.05) is 48.7 Å². The molecule has 0 radical (unpaired) electrons. The number of ether oxygens (including phenoxy) is 1. The molecule has 22 heavy (non-hydrogen) atoms. The van der Waals surface area contributed by atoms with Crippen LogP contribution in [0, 0.1) is 0 Å². The van der Waals surface area contributed by atoms with Crippen LogP contribution in [0.4, 0.5) is 0 Å². The van der Waals surface area contributed by atoms with Gasteiger partial charge in [0.25, 0.3) is 0 Å². The Balaban J connectivity index is 1.97. The molecule has 5 heteroatoms. The molecule has 5 nitrogen and oxygen atoms in total. The van der Waals surface area contributed by atoms with Gasteiger partial charge in [-0.25, -0.2) is 9.48 Å². The third-order valence-corrected chi connectivity index (χ3v) is 3.39. The lowest BCUT2D eigenvalue weighted by Crippen LogP contribution is -2.04. The molecule has 0 spiro atoms. The van der Waals surface area contributed by atoms with E-state index in [0.717, 1.165) is 16.7 Å². The van der Waals surface area contributed by atoms with Crippen LogP contribution >= 0.6 is 0 Å². The molecule has 0 aliphatic heterocycles. The van der Waals surface area contributed by atoms with Gasteiger partial charge in [0.15, 0.2) is 0 Å². The summed E-state index contributed by atoms with van der Waals surface area (Å²) in [5.41, 5.74) is 3.47. The number of benzene rings is 2. The Bertz CT molecular complexity index is 782. The molecule has 1 aromatic heterocycles. The molecule has 0 aliphatic carbocycles. The average Bonchev–Trinajstić information content (AvgIpc) is 3.07. The quantitative estimate of drug-likeness (QED) is 0.694. The SMILES string of the molecule is COC(=O)c1ccccc1-c1cccc(Cn2ccnn2)c1. The summed E-state index contributed by atoms with van der Waals surface area (Å²) < 4.78 is 6.61. The highest BCUT2D eigenvalue weighted by Crippen LogP contribution is 2.25. The van der Waals surface area contributed by atoms with E-state index in [2.05, 4.69) is 10.3 Å². The number of carbonyl (C=O) groups excluding carboxylic acids is 1. The molecule has 0 unspecified atom stereocenters. The third-order valence-electron chi connectivity index (χ3n) is 3.39. The van der Waals surface area contributed by atoms with E-state index < -0.39 is 0 Å². The predicted molar refractivity (Wildman–Crippen MR) is 82.3 cm³/mol. The van der Waals surface area contributed by atoms with Crippen molar-refractivity contribution in [1.29, 1.82) is 0 Å². The van der Waals surface area contributed by atoms with Gasteiger partial charge in [-0.05, 0) is 28.8 Å². The highest BCUT2D eigenvalue weighted by atomic mass is 16.5. The maximum absolute atomic E-state index is 11.9. The number of esters is 1. The molecule has 110 valence electrons. The Morgan fingerprint density at radius 3 is 2.82 bits per heavy atom. The fourth-order valence-corrected chi connectivity index (χ4v) is 2.36. The van der Waals surface area contributed by atoms with Crippen molar-refractivity contribution in [3.05, 3.63) is 72.1 Å². The summed E-state index contributed by atoms with van der Waals surface area (Å²) in [7, 11) is 1.39. The van der Waals surface area contributed by atoms with E-state index in [0.29, 0.717) is 12.1 Å². The molecule has 0 N–H and O–H groups in total. The number of hydrogen-bond donors (Lipinski definition) is 0. The first kappa shape index (κ1) is 14.0. The number of aromatic nitrogens is 3. The van der Waals surface area contributed by atoms with Crippen LogP contribution in [0.5, 0.6) is 0 Å². The molecule has 0 saturated carbocycles. The second-order valence-corrected chi connectivity index (χ2v) is 4.84. The van der Waals surface area contributed by atoms with Gasteiger partial charge in [-0.1, -0.05) is 41.6 Å². The molecule has 1 heterocycles. The zero-order valence-electron chi connectivity index (χ0n) is 12.1. The first-order valence-electron chi connectivity index (χ1n) is 6.88. The van der Waals surface area contributed by atoms with Gasteiger partial charge >= 0.3 is 5.97 Å². The molecule has 0 atom stereocenters. The zero-order chi connectivity index (χ0) is 15.4. The van der Waals surface area contributed by atoms with Gasteiger partial charge in [0, 0.05) is 6.20 Å². The second kappa shape index (κ2) is 6.22. The van der Waals surface area contributed by atoms with Gasteiger partial charge in [-0.15, -0.1) is 5.10 Å². The summed E-state index contributed by atoms with van der Waals surface area (Å²) in [6.45, 7) is 0.633. The standard InChI is InChI=1S/C17H15N3O2/c1-22-17(21)16-8-3-2-7-15(16)14-6-4-5-13(11-14)12-20-10-9-18-19-20/h2-11H,12H2,1H3. The minimum atomic E-state index is -0.336. The summed E-state index contributed by atoms with van der Waals surface area (Å²) in [5.74, 6) is -0.336. The van der Waals surface area contributed by atoms with Crippen LogP contribution < -0.4 is 0 Å². The van der Waals surface area contributed by atoms with Gasteiger partial charge in [0.2, 0.25) is 0 Å². The monoisotopic (exact) mass is 293 g/mol. The molecule has 3 aromatic rings. The number of rotatable bonds is 4. The normalized spacial score (nSPS) is 10.4. The van der Waals surface area contributed by atoms with Crippen molar-refractivity contribution in [2.75, 3.05) is 7.11 Å². The number of nitrogens with zero attached hydrogens (tertiary/aromatic N) is 3. The highest BCUT2D eigenvalue weighted by molar-refractivity contribution is 5.97. The predicted octanol–water partition coefficient (Wildman–Crippen LogP) is 2.78. The molecule has 0 aliphatic rings. The first-order valence-corrected chi connectivity index (χ1v) is 6.88. The molecule has 0 amide bonds. The zero-order valence-corrected chi connectivity index (χ0v) is 12.1. The Kier molecular flexibility index (Phi) is 3.96. The first-order chi connectivity index (χ1) is 10.8. The number of methoxy groups -OCH3 is 1. The van der Waals surface area contributed by atoms with E-state index in [9.17, 15) is 4.79 Å². The maximum Gasteiger partial charge on any atom is 0.338 e. The van der Waals surface area contributed by atoms with Crippen molar-refractivity contribution in [2.24, 2.45) is 0 Å². The van der Waals surface area contributed by atoms with Crippen LogP contribution in [0.3, 0.4) is 0 Å². The fraction of sp³-hybridized carbons (Fsp3) is 0.118. The van der Waals surface area contributed by atoms with Crippen molar-refractivity contribution in [2.45, 2.75) is 6.54 Å². The van der Waals surface area contributed by atoms with Gasteiger partial charge in [-0.3, -0.25) is 0 Å². The lowest BCUT2D eigenvalue weighted by Gasteiger charge is -2.09. The van der Waals surface area contributed by atoms with Gasteiger partial charge in [0.05, 0.1) is 25.4 Å². The maximum atomic E-state index is 11.9. The highest BCUT2D eigenvalue weighted by Gasteiger charge is 2.12. The van der Waals surface area contributed by atoms with Crippen LogP contribution in [0.1, 0.15) is 15.9 Å². The van der Waals surface area contributed by atoms with Gasteiger partial charge in [-0.2, -0.15) is 0 Å². The van der Waals surface area contributed by atoms with Crippen LogP contribution in [-0.2, 0) is 11.3 Å². The van der Waals surface area contributed by atoms with Crippen molar-refractivity contribution in [3.8, 4) is 11.1 Å². The van der Waals surface area contributed by atoms with Gasteiger partial charge in [0.1, 0.15) is 0 Å². The lowest BCUT2D eigenvalue weighted by atomic mass is 9.98. The molecule has 0 bridgehead atoms. The van der Waals surface area contributed by atoms with E-state index in [1.165, 1.54) is 7.11 Å². The molecule has 0 fully saturated rings. The van der Waals surface area contributed by atoms with Crippen LogP contribution in [0.25, 0.3) is 11.1 Å². The second-order valence-electron chi connectivity index (χ2n) is 4.84. The summed E-state index contributed by atoms with van der Waals surface area (Å²) in [6, 6.07) is 15.4. The van der Waals surface area contributed by atoms with E-state index >= 15 is 0 Å². The van der Waals surface area contributed by atoms with Crippen molar-refractivity contribution in [3.63, 3.8) is 0 Å². The molecule has 2 aromatic carbocycles. The summed E-state index contributed by atoms with van der Waals surface area (Å²) in [4.78, 5) is 11.9. The van der Waals surface area contributed by atoms with E-state index in [-0.39, 0.29) is 5.97 Å². The van der Waals surface area contributed by atoms with Crippen molar-refractivity contribution < 1.29 is 9.53 Å². The van der Waals surface area contributed by atoms with Crippen molar-refractivity contribution in [1.82, 2.24) is 15.0 Å². The molecular weight excluding hydrogens is 278 g/mol. The van der Waals surface area contributed by atoms with Crippen LogP contribution in [0.15, 0.2) is 60.9 Å². The largest absolute Gasteiger partial charge is 0.465 e. The number of hydrogen-bond acceptors (Lipinski definition) is 4. The Hall–Kier alpha value is -2.95. The smallest absolute Gasteiger partial charge is 0.338 e. The number of carbonyl (C=O) groups is 1. The summed E-state index contributed by atoms with van der Waals surface area (Å²) >= 11 is 0. The minimum absolute atomic E-state index is 0.336. The Morgan fingerprint density at radius 1 is 1.18 bits per heavy atom. The van der Waals surface area contributed by atoms with Crippen LogP contribution in [0.2, 0.25) is 0 Å². The third kappa shape index (κ3) is 2.88. The molecular formula is C17H15N3O2. The van der Waals surface area contributed by atoms with E-state index in [4.69, 9.17) is 4.74 Å². The van der Waals surface area contributed by atoms with Crippen molar-refractivity contribution >= 4 is 5.97 Å². The van der Waals surface area contributed by atoms with Gasteiger partial charge < -0.3 is 4.74 Å². The summed E-state index contributed by atoms with van der Waals surface area (Å²) in [6.07, 6.45) is 3.46. The Labute approximate surface area is 128 Å². The topological polar surface area (TPSA) is 57.0 Å². The molecule has 0 saturated heterocycles. The minimum Gasteiger partial charge on any atom is -0.465 e. The Morgan fingerprint density at radius 2 is 2.05 bits per heavy atom.